The number of aryl methyl sites for hydroxylation is 1. The van der Waals surface area contributed by atoms with Crippen LogP contribution in [0.1, 0.15) is 35.7 Å². The molecule has 6 nitrogen and oxygen atoms in total. The van der Waals surface area contributed by atoms with Crippen LogP contribution in [0.25, 0.3) is 0 Å². The summed E-state index contributed by atoms with van der Waals surface area (Å²) in [7, 11) is -3.70. The van der Waals surface area contributed by atoms with Crippen LogP contribution in [0, 0.1) is 0 Å². The molecule has 1 fully saturated rings. The largest absolute Gasteiger partial charge is 0.377 e. The minimum Gasteiger partial charge on any atom is -0.377 e. The monoisotopic (exact) mass is 388 g/mol. The molecule has 0 spiro atoms. The molecule has 1 unspecified atom stereocenters. The van der Waals surface area contributed by atoms with Crippen LogP contribution in [0.3, 0.4) is 0 Å². The normalized spacial score (nSPS) is 17.0. The number of rotatable bonds is 7. The van der Waals surface area contributed by atoms with Crippen LogP contribution in [-0.4, -0.2) is 33.6 Å². The van der Waals surface area contributed by atoms with Gasteiger partial charge < -0.3 is 10.1 Å². The predicted octanol–water partition coefficient (Wildman–Crippen LogP) is 2.96. The first-order valence-electron chi connectivity index (χ1n) is 9.09. The molecule has 2 aromatic carbocycles. The molecule has 1 heterocycles. The first-order chi connectivity index (χ1) is 13.0. The third-order valence-corrected chi connectivity index (χ3v) is 5.97. The van der Waals surface area contributed by atoms with Crippen molar-refractivity contribution in [1.82, 2.24) is 4.72 Å². The van der Waals surface area contributed by atoms with Gasteiger partial charge in [-0.1, -0.05) is 25.1 Å². The number of carbonyl (C=O) groups is 1. The third-order valence-electron chi connectivity index (χ3n) is 4.55. The standard InChI is InChI=1S/C20H24N2O4S/c1-2-15-8-10-17(11-9-15)22-20(23)16-5-3-7-19(13-16)27(24,25)21-14-18-6-4-12-26-18/h3,5,7-11,13,18,21H,2,4,6,12,14H2,1H3,(H,22,23). The Kier molecular flexibility index (Phi) is 6.26. The molecule has 1 atom stereocenters. The van der Waals surface area contributed by atoms with Gasteiger partial charge in [0, 0.05) is 24.4 Å². The molecule has 2 aromatic rings. The lowest BCUT2D eigenvalue weighted by molar-refractivity contribution is 0.102. The molecule has 0 saturated carbocycles. The van der Waals surface area contributed by atoms with Crippen molar-refractivity contribution in [2.75, 3.05) is 18.5 Å². The van der Waals surface area contributed by atoms with Gasteiger partial charge in [-0.05, 0) is 55.2 Å². The van der Waals surface area contributed by atoms with Crippen LogP contribution in [-0.2, 0) is 21.2 Å². The number of nitrogens with one attached hydrogen (secondary N) is 2. The van der Waals surface area contributed by atoms with Crippen LogP contribution in [0.4, 0.5) is 5.69 Å². The number of benzene rings is 2. The van der Waals surface area contributed by atoms with Gasteiger partial charge in [0.05, 0.1) is 11.0 Å². The summed E-state index contributed by atoms with van der Waals surface area (Å²) in [6.45, 7) is 2.97. The van der Waals surface area contributed by atoms with E-state index < -0.39 is 10.0 Å². The van der Waals surface area contributed by atoms with E-state index in [-0.39, 0.29) is 29.0 Å². The summed E-state index contributed by atoms with van der Waals surface area (Å²) < 4.78 is 33.0. The molecule has 1 aliphatic rings. The van der Waals surface area contributed by atoms with E-state index >= 15 is 0 Å². The second-order valence-corrected chi connectivity index (χ2v) is 8.29. The van der Waals surface area contributed by atoms with E-state index in [2.05, 4.69) is 17.0 Å². The van der Waals surface area contributed by atoms with E-state index in [9.17, 15) is 13.2 Å². The Labute approximate surface area is 160 Å². The van der Waals surface area contributed by atoms with Crippen molar-refractivity contribution in [3.63, 3.8) is 0 Å². The molecule has 1 amide bonds. The quantitative estimate of drug-likeness (QED) is 0.764. The van der Waals surface area contributed by atoms with Gasteiger partial charge in [0.1, 0.15) is 0 Å². The molecule has 0 aromatic heterocycles. The fourth-order valence-electron chi connectivity index (χ4n) is 2.92. The summed E-state index contributed by atoms with van der Waals surface area (Å²) in [4.78, 5) is 12.5. The SMILES string of the molecule is CCc1ccc(NC(=O)c2cccc(S(=O)(=O)NCC3CCCO3)c2)cc1. The Morgan fingerprint density at radius 1 is 1.19 bits per heavy atom. The van der Waals surface area contributed by atoms with Gasteiger partial charge in [0.15, 0.2) is 0 Å². The highest BCUT2D eigenvalue weighted by Gasteiger charge is 2.21. The van der Waals surface area contributed by atoms with Gasteiger partial charge in [0.2, 0.25) is 10.0 Å². The molecule has 1 saturated heterocycles. The van der Waals surface area contributed by atoms with Crippen molar-refractivity contribution >= 4 is 21.6 Å². The van der Waals surface area contributed by atoms with Gasteiger partial charge in [-0.3, -0.25) is 4.79 Å². The van der Waals surface area contributed by atoms with Crippen LogP contribution in [0.5, 0.6) is 0 Å². The summed E-state index contributed by atoms with van der Waals surface area (Å²) in [6.07, 6.45) is 2.63. The van der Waals surface area contributed by atoms with Gasteiger partial charge >= 0.3 is 0 Å². The molecule has 1 aliphatic heterocycles. The number of anilines is 1. The number of sulfonamides is 1. The van der Waals surface area contributed by atoms with Crippen molar-refractivity contribution in [2.24, 2.45) is 0 Å². The fourth-order valence-corrected chi connectivity index (χ4v) is 4.03. The lowest BCUT2D eigenvalue weighted by Crippen LogP contribution is -2.32. The number of amides is 1. The van der Waals surface area contributed by atoms with E-state index in [1.807, 2.05) is 24.3 Å². The first kappa shape index (κ1) is 19.5. The lowest BCUT2D eigenvalue weighted by Gasteiger charge is -2.12. The zero-order chi connectivity index (χ0) is 19.3. The van der Waals surface area contributed by atoms with Gasteiger partial charge in [-0.25, -0.2) is 13.1 Å². The Morgan fingerprint density at radius 2 is 1.96 bits per heavy atom. The van der Waals surface area contributed by atoms with E-state index in [0.29, 0.717) is 12.3 Å². The minimum atomic E-state index is -3.70. The lowest BCUT2D eigenvalue weighted by atomic mass is 10.1. The van der Waals surface area contributed by atoms with Crippen molar-refractivity contribution in [2.45, 2.75) is 37.2 Å². The van der Waals surface area contributed by atoms with Crippen LogP contribution >= 0.6 is 0 Å². The molecule has 0 aliphatic carbocycles. The van der Waals surface area contributed by atoms with Crippen molar-refractivity contribution in [1.29, 1.82) is 0 Å². The molecule has 27 heavy (non-hydrogen) atoms. The maximum Gasteiger partial charge on any atom is 0.255 e. The summed E-state index contributed by atoms with van der Waals surface area (Å²) in [5, 5.41) is 2.79. The molecule has 0 radical (unpaired) electrons. The predicted molar refractivity (Wildman–Crippen MR) is 104 cm³/mol. The smallest absolute Gasteiger partial charge is 0.255 e. The molecule has 3 rings (SSSR count). The maximum atomic E-state index is 12.5. The van der Waals surface area contributed by atoms with E-state index in [1.165, 1.54) is 17.7 Å². The highest BCUT2D eigenvalue weighted by molar-refractivity contribution is 7.89. The summed E-state index contributed by atoms with van der Waals surface area (Å²) in [5.41, 5.74) is 2.13. The molecule has 2 N–H and O–H groups in total. The zero-order valence-corrected chi connectivity index (χ0v) is 16.1. The molecule has 7 heteroatoms. The maximum absolute atomic E-state index is 12.5. The minimum absolute atomic E-state index is 0.0643. The second-order valence-electron chi connectivity index (χ2n) is 6.52. The highest BCUT2D eigenvalue weighted by Crippen LogP contribution is 2.16. The zero-order valence-electron chi connectivity index (χ0n) is 15.3. The summed E-state index contributed by atoms with van der Waals surface area (Å²) in [6, 6.07) is 13.6. The van der Waals surface area contributed by atoms with Crippen LogP contribution in [0.2, 0.25) is 0 Å². The Balaban J connectivity index is 1.68. The molecular weight excluding hydrogens is 364 g/mol. The average molecular weight is 388 g/mol. The van der Waals surface area contributed by atoms with Crippen molar-refractivity contribution < 1.29 is 17.9 Å². The number of ether oxygens (including phenoxy) is 1. The highest BCUT2D eigenvalue weighted by atomic mass is 32.2. The molecule has 144 valence electrons. The molecule has 0 bridgehead atoms. The Hall–Kier alpha value is -2.22. The van der Waals surface area contributed by atoms with Crippen molar-refractivity contribution in [3.05, 3.63) is 59.7 Å². The summed E-state index contributed by atoms with van der Waals surface area (Å²) in [5.74, 6) is -0.351. The topological polar surface area (TPSA) is 84.5 Å². The van der Waals surface area contributed by atoms with E-state index in [1.54, 1.807) is 12.1 Å². The van der Waals surface area contributed by atoms with Crippen LogP contribution in [0.15, 0.2) is 53.4 Å². The van der Waals surface area contributed by atoms with E-state index in [0.717, 1.165) is 19.3 Å². The second kappa shape index (κ2) is 8.65. The number of carbonyl (C=O) groups excluding carboxylic acids is 1. The Bertz CT molecular complexity index is 888. The first-order valence-corrected chi connectivity index (χ1v) is 10.6. The van der Waals surface area contributed by atoms with Crippen LogP contribution < -0.4 is 10.0 Å². The molecular formula is C20H24N2O4S. The summed E-state index contributed by atoms with van der Waals surface area (Å²) >= 11 is 0. The van der Waals surface area contributed by atoms with E-state index in [4.69, 9.17) is 4.74 Å². The van der Waals surface area contributed by atoms with Gasteiger partial charge in [-0.15, -0.1) is 0 Å². The average Bonchev–Trinajstić information content (AvgIpc) is 3.21. The number of hydrogen-bond acceptors (Lipinski definition) is 4. The van der Waals surface area contributed by atoms with Gasteiger partial charge in [-0.2, -0.15) is 0 Å². The number of hydrogen-bond donors (Lipinski definition) is 2. The van der Waals surface area contributed by atoms with Crippen molar-refractivity contribution in [3.8, 4) is 0 Å². The fraction of sp³-hybridized carbons (Fsp3) is 0.350. The van der Waals surface area contributed by atoms with Gasteiger partial charge in [0.25, 0.3) is 5.91 Å². The third kappa shape index (κ3) is 5.15. The Morgan fingerprint density at radius 3 is 2.63 bits per heavy atom.